The zero-order chi connectivity index (χ0) is 7.94. The standard InChI is InChI=1S/C7H12NO3/c9-8-4-6-11-7-3-1-2-5-10-7/h4,7H,1-3,5-6H2/q+1. The lowest BCUT2D eigenvalue weighted by atomic mass is 10.2. The minimum Gasteiger partial charge on any atom is -0.353 e. The van der Waals surface area contributed by atoms with Crippen LogP contribution in [0.5, 0.6) is 0 Å². The summed E-state index contributed by atoms with van der Waals surface area (Å²) in [6, 6.07) is 0. The topological polar surface area (TPSA) is 49.6 Å². The van der Waals surface area contributed by atoms with E-state index < -0.39 is 0 Å². The fourth-order valence-corrected chi connectivity index (χ4v) is 1.02. The van der Waals surface area contributed by atoms with Gasteiger partial charge in [-0.1, -0.05) is 0 Å². The molecule has 4 heteroatoms. The molecular formula is C7H12NO3+. The van der Waals surface area contributed by atoms with Gasteiger partial charge in [-0.2, -0.15) is 0 Å². The van der Waals surface area contributed by atoms with E-state index in [0.717, 1.165) is 25.9 Å². The predicted molar refractivity (Wildman–Crippen MR) is 41.1 cm³/mol. The van der Waals surface area contributed by atoms with Crippen LogP contribution in [-0.2, 0) is 9.47 Å². The minimum atomic E-state index is -0.123. The zero-order valence-electron chi connectivity index (χ0n) is 6.36. The van der Waals surface area contributed by atoms with Crippen LogP contribution < -0.4 is 4.85 Å². The van der Waals surface area contributed by atoms with Crippen molar-refractivity contribution in [1.29, 1.82) is 0 Å². The molecule has 0 aromatic heterocycles. The van der Waals surface area contributed by atoms with Gasteiger partial charge in [-0.05, 0) is 19.3 Å². The molecular weight excluding hydrogens is 146 g/mol. The summed E-state index contributed by atoms with van der Waals surface area (Å²) in [7, 11) is 0. The molecule has 4 nitrogen and oxygen atoms in total. The number of hydrogen-bond donors (Lipinski definition) is 0. The van der Waals surface area contributed by atoms with Crippen LogP contribution in [0.15, 0.2) is 0 Å². The molecule has 0 radical (unpaired) electrons. The molecule has 1 aliphatic rings. The Hall–Kier alpha value is -0.700. The SMILES string of the molecule is O=[N+]=CCOC1CCCCO1. The van der Waals surface area contributed by atoms with E-state index in [1.165, 1.54) is 6.21 Å². The quantitative estimate of drug-likeness (QED) is 0.442. The number of rotatable bonds is 3. The van der Waals surface area contributed by atoms with Crippen molar-refractivity contribution in [3.63, 3.8) is 0 Å². The lowest BCUT2D eigenvalue weighted by Crippen LogP contribution is -2.23. The second-order valence-electron chi connectivity index (χ2n) is 2.42. The Morgan fingerprint density at radius 3 is 3.18 bits per heavy atom. The molecule has 0 saturated carbocycles. The molecule has 0 spiro atoms. The van der Waals surface area contributed by atoms with Gasteiger partial charge in [0, 0.05) is 6.61 Å². The summed E-state index contributed by atoms with van der Waals surface area (Å²) < 4.78 is 10.4. The van der Waals surface area contributed by atoms with Crippen molar-refractivity contribution in [2.45, 2.75) is 25.6 Å². The van der Waals surface area contributed by atoms with Crippen LogP contribution in [0, 0.1) is 4.91 Å². The fraction of sp³-hybridized carbons (Fsp3) is 0.857. The molecule has 1 unspecified atom stereocenters. The third-order valence-corrected chi connectivity index (χ3v) is 1.57. The average Bonchev–Trinajstić information content (AvgIpc) is 2.07. The zero-order valence-corrected chi connectivity index (χ0v) is 6.36. The maximum absolute atomic E-state index is 9.62. The largest absolute Gasteiger partial charge is 0.363 e. The van der Waals surface area contributed by atoms with Gasteiger partial charge in [0.05, 0.1) is 0 Å². The van der Waals surface area contributed by atoms with Gasteiger partial charge in [-0.25, -0.2) is 0 Å². The average molecular weight is 158 g/mol. The molecule has 1 aliphatic heterocycles. The number of nitroso groups, excluding NO2 is 1. The second kappa shape index (κ2) is 5.02. The third kappa shape index (κ3) is 3.28. The highest BCUT2D eigenvalue weighted by Gasteiger charge is 2.13. The molecule has 1 fully saturated rings. The Balaban J connectivity index is 2.09. The Morgan fingerprint density at radius 1 is 1.64 bits per heavy atom. The van der Waals surface area contributed by atoms with E-state index in [1.54, 1.807) is 0 Å². The van der Waals surface area contributed by atoms with Crippen molar-refractivity contribution >= 4 is 6.21 Å². The molecule has 0 aromatic carbocycles. The molecule has 1 saturated heterocycles. The van der Waals surface area contributed by atoms with Crippen LogP contribution in [0.3, 0.4) is 0 Å². The van der Waals surface area contributed by atoms with Crippen LogP contribution in [0.1, 0.15) is 19.3 Å². The monoisotopic (exact) mass is 158 g/mol. The first-order valence-electron chi connectivity index (χ1n) is 3.81. The van der Waals surface area contributed by atoms with Crippen LogP contribution in [-0.4, -0.2) is 25.7 Å². The lowest BCUT2D eigenvalue weighted by molar-refractivity contribution is -0.152. The van der Waals surface area contributed by atoms with E-state index in [1.807, 2.05) is 0 Å². The summed E-state index contributed by atoms with van der Waals surface area (Å²) in [6.45, 7) is 1.02. The van der Waals surface area contributed by atoms with Crippen molar-refractivity contribution in [3.05, 3.63) is 4.91 Å². The van der Waals surface area contributed by atoms with E-state index in [2.05, 4.69) is 4.85 Å². The summed E-state index contributed by atoms with van der Waals surface area (Å²) in [5, 5.41) is 0. The summed E-state index contributed by atoms with van der Waals surface area (Å²) in [4.78, 5) is 12.2. The Kier molecular flexibility index (Phi) is 3.83. The maximum atomic E-state index is 9.62. The Bertz CT molecular complexity index is 148. The predicted octanol–water partition coefficient (Wildman–Crippen LogP) is 0.434. The number of hydrogen-bond acceptors (Lipinski definition) is 3. The molecule has 0 amide bonds. The molecule has 0 bridgehead atoms. The maximum Gasteiger partial charge on any atom is 0.363 e. The molecule has 62 valence electrons. The second-order valence-corrected chi connectivity index (χ2v) is 2.42. The Labute approximate surface area is 65.2 Å². The van der Waals surface area contributed by atoms with Gasteiger partial charge in [0.15, 0.2) is 17.8 Å². The highest BCUT2D eigenvalue weighted by atomic mass is 16.7. The van der Waals surface area contributed by atoms with E-state index in [9.17, 15) is 4.91 Å². The molecule has 1 atom stereocenters. The highest BCUT2D eigenvalue weighted by Crippen LogP contribution is 2.12. The van der Waals surface area contributed by atoms with Gasteiger partial charge in [-0.3, -0.25) is 0 Å². The van der Waals surface area contributed by atoms with Gasteiger partial charge in [0.25, 0.3) is 0 Å². The van der Waals surface area contributed by atoms with Gasteiger partial charge in [0.1, 0.15) is 0 Å². The fourth-order valence-electron chi connectivity index (χ4n) is 1.02. The van der Waals surface area contributed by atoms with Gasteiger partial charge in [-0.15, -0.1) is 0 Å². The van der Waals surface area contributed by atoms with E-state index in [4.69, 9.17) is 9.47 Å². The molecule has 0 aliphatic carbocycles. The Morgan fingerprint density at radius 2 is 2.55 bits per heavy atom. The molecule has 11 heavy (non-hydrogen) atoms. The summed E-state index contributed by atoms with van der Waals surface area (Å²) >= 11 is 0. The summed E-state index contributed by atoms with van der Waals surface area (Å²) in [5.74, 6) is 0. The summed E-state index contributed by atoms with van der Waals surface area (Å²) in [5.41, 5.74) is 0. The molecule has 0 N–H and O–H groups in total. The third-order valence-electron chi connectivity index (χ3n) is 1.57. The normalized spacial score (nSPS) is 24.2. The lowest BCUT2D eigenvalue weighted by Gasteiger charge is -2.20. The van der Waals surface area contributed by atoms with E-state index in [0.29, 0.717) is 0 Å². The van der Waals surface area contributed by atoms with Gasteiger partial charge >= 0.3 is 6.21 Å². The van der Waals surface area contributed by atoms with E-state index in [-0.39, 0.29) is 12.9 Å². The first kappa shape index (κ1) is 8.40. The van der Waals surface area contributed by atoms with Crippen molar-refractivity contribution < 1.29 is 9.47 Å². The summed E-state index contributed by atoms with van der Waals surface area (Å²) in [6.07, 6.45) is 4.24. The minimum absolute atomic E-state index is 0.123. The number of ether oxygens (including phenoxy) is 2. The van der Waals surface area contributed by atoms with Crippen LogP contribution >= 0.6 is 0 Å². The first-order chi connectivity index (χ1) is 5.43. The van der Waals surface area contributed by atoms with Gasteiger partial charge < -0.3 is 9.47 Å². The first-order valence-corrected chi connectivity index (χ1v) is 3.81. The van der Waals surface area contributed by atoms with Crippen molar-refractivity contribution in [3.8, 4) is 0 Å². The van der Waals surface area contributed by atoms with E-state index >= 15 is 0 Å². The smallest absolute Gasteiger partial charge is 0.353 e. The van der Waals surface area contributed by atoms with Crippen molar-refractivity contribution in [2.75, 3.05) is 13.2 Å². The molecule has 1 heterocycles. The molecule has 0 aromatic rings. The number of nitrogens with zero attached hydrogens (tertiary/aromatic N) is 1. The highest BCUT2D eigenvalue weighted by molar-refractivity contribution is 5.56. The van der Waals surface area contributed by atoms with Gasteiger partial charge in [0.2, 0.25) is 4.85 Å². The van der Waals surface area contributed by atoms with Crippen LogP contribution in [0.25, 0.3) is 0 Å². The van der Waals surface area contributed by atoms with Crippen LogP contribution in [0.4, 0.5) is 0 Å². The molecule has 1 rings (SSSR count). The van der Waals surface area contributed by atoms with Crippen molar-refractivity contribution in [1.82, 2.24) is 4.85 Å². The van der Waals surface area contributed by atoms with Crippen LogP contribution in [0.2, 0.25) is 0 Å². The van der Waals surface area contributed by atoms with Crippen molar-refractivity contribution in [2.24, 2.45) is 0 Å².